The highest BCUT2D eigenvalue weighted by atomic mass is 16.7. The number of nitrogens with two attached hydrogens (primary N) is 1. The fraction of sp³-hybridized carbons (Fsp3) is 0.467. The van der Waals surface area contributed by atoms with Gasteiger partial charge >= 0.3 is 0 Å². The molecule has 0 aliphatic carbocycles. The van der Waals surface area contributed by atoms with Gasteiger partial charge in [-0.05, 0) is 33.7 Å². The molecule has 0 atom stereocenters. The van der Waals surface area contributed by atoms with Crippen molar-refractivity contribution < 1.29 is 9.63 Å². The minimum absolute atomic E-state index is 0.188. The summed E-state index contributed by atoms with van der Waals surface area (Å²) in [5, 5.41) is 0. The average molecular weight is 277 g/mol. The molecular weight excluding hydrogens is 254 g/mol. The third-order valence-electron chi connectivity index (χ3n) is 2.34. The molecule has 0 unspecified atom stereocenters. The number of hydrogen-bond donors (Lipinski definition) is 2. The summed E-state index contributed by atoms with van der Waals surface area (Å²) in [5.41, 5.74) is 8.28. The monoisotopic (exact) mass is 277 g/mol. The Balaban J connectivity index is 2.81. The first-order valence-electron chi connectivity index (χ1n) is 6.72. The Bertz CT molecular complexity index is 450. The number of hydroxylamine groups is 1. The molecule has 5 nitrogen and oxygen atoms in total. The number of carbonyl (C=O) groups excluding carboxylic acids is 1. The summed E-state index contributed by atoms with van der Waals surface area (Å²) in [6.45, 7) is 6.71. The van der Waals surface area contributed by atoms with Crippen LogP contribution in [-0.2, 0) is 4.84 Å². The molecule has 0 bridgehead atoms. The maximum atomic E-state index is 12.4. The lowest BCUT2D eigenvalue weighted by atomic mass is 10.1. The van der Waals surface area contributed by atoms with Crippen molar-refractivity contribution in [2.24, 2.45) is 10.7 Å². The number of nitrogens with zero attached hydrogens (tertiary/aromatic N) is 1. The van der Waals surface area contributed by atoms with Gasteiger partial charge in [-0.25, -0.2) is 5.48 Å². The lowest BCUT2D eigenvalue weighted by molar-refractivity contribution is -0.0423. The van der Waals surface area contributed by atoms with Crippen LogP contribution in [-0.4, -0.2) is 30.3 Å². The molecule has 0 heterocycles. The molecule has 0 fully saturated rings. The van der Waals surface area contributed by atoms with E-state index in [1.165, 1.54) is 0 Å². The van der Waals surface area contributed by atoms with Crippen LogP contribution in [0.15, 0.2) is 35.3 Å². The van der Waals surface area contributed by atoms with E-state index in [1.54, 1.807) is 12.1 Å². The van der Waals surface area contributed by atoms with Crippen molar-refractivity contribution in [2.75, 3.05) is 13.1 Å². The zero-order valence-electron chi connectivity index (χ0n) is 12.3. The van der Waals surface area contributed by atoms with Crippen LogP contribution in [0.25, 0.3) is 0 Å². The van der Waals surface area contributed by atoms with Crippen LogP contribution < -0.4 is 11.2 Å². The Kier molecular flexibility index (Phi) is 6.35. The molecule has 0 aliphatic heterocycles. The number of benzene rings is 1. The standard InChI is InChI=1S/C15H23N3O2/c1-15(2,3)20-18-14(17-11-7-10-16)13(19)12-8-5-4-6-9-12/h4-6,8-9H,7,10-11,16H2,1-3H3,(H,17,18). The van der Waals surface area contributed by atoms with Crippen LogP contribution in [0.4, 0.5) is 0 Å². The van der Waals surface area contributed by atoms with Crippen molar-refractivity contribution in [2.45, 2.75) is 32.8 Å². The molecule has 0 spiro atoms. The minimum atomic E-state index is -0.411. The molecule has 0 radical (unpaired) electrons. The van der Waals surface area contributed by atoms with E-state index in [0.29, 0.717) is 18.7 Å². The van der Waals surface area contributed by atoms with E-state index in [1.807, 2.05) is 39.0 Å². The maximum Gasteiger partial charge on any atom is 0.229 e. The summed E-state index contributed by atoms with van der Waals surface area (Å²) in [5.74, 6) is 0.0199. The van der Waals surface area contributed by atoms with Crippen molar-refractivity contribution in [3.63, 3.8) is 0 Å². The zero-order valence-corrected chi connectivity index (χ0v) is 12.3. The SMILES string of the molecule is CC(C)(C)ONC(=NCCCN)C(=O)c1ccccc1. The number of nitrogens with one attached hydrogen (secondary N) is 1. The number of rotatable bonds is 6. The fourth-order valence-electron chi connectivity index (χ4n) is 1.36. The minimum Gasteiger partial charge on any atom is -0.330 e. The van der Waals surface area contributed by atoms with E-state index >= 15 is 0 Å². The van der Waals surface area contributed by atoms with Crippen molar-refractivity contribution >= 4 is 11.6 Å². The Morgan fingerprint density at radius 1 is 1.30 bits per heavy atom. The maximum absolute atomic E-state index is 12.4. The highest BCUT2D eigenvalue weighted by molar-refractivity contribution is 6.44. The third kappa shape index (κ3) is 5.95. The summed E-state index contributed by atoms with van der Waals surface area (Å²) in [7, 11) is 0. The van der Waals surface area contributed by atoms with E-state index in [4.69, 9.17) is 10.6 Å². The molecule has 5 heteroatoms. The van der Waals surface area contributed by atoms with E-state index in [-0.39, 0.29) is 11.6 Å². The van der Waals surface area contributed by atoms with Crippen LogP contribution >= 0.6 is 0 Å². The number of carbonyl (C=O) groups is 1. The van der Waals surface area contributed by atoms with Crippen molar-refractivity contribution in [1.82, 2.24) is 5.48 Å². The summed E-state index contributed by atoms with van der Waals surface area (Å²) < 4.78 is 0. The first kappa shape index (κ1) is 16.3. The van der Waals surface area contributed by atoms with Crippen molar-refractivity contribution in [3.05, 3.63) is 35.9 Å². The zero-order chi connectivity index (χ0) is 15.0. The van der Waals surface area contributed by atoms with Gasteiger partial charge in [-0.15, -0.1) is 0 Å². The number of amidine groups is 1. The molecule has 0 amide bonds. The van der Waals surface area contributed by atoms with Gasteiger partial charge in [-0.1, -0.05) is 30.3 Å². The van der Waals surface area contributed by atoms with E-state index in [0.717, 1.165) is 6.42 Å². The highest BCUT2D eigenvalue weighted by Crippen LogP contribution is 2.06. The summed E-state index contributed by atoms with van der Waals surface area (Å²) in [4.78, 5) is 22.0. The highest BCUT2D eigenvalue weighted by Gasteiger charge is 2.17. The molecule has 0 aromatic heterocycles. The molecular formula is C15H23N3O2. The van der Waals surface area contributed by atoms with Crippen LogP contribution in [0.1, 0.15) is 37.6 Å². The Morgan fingerprint density at radius 2 is 1.95 bits per heavy atom. The predicted octanol–water partition coefficient (Wildman–Crippen LogP) is 1.94. The molecule has 110 valence electrons. The summed E-state index contributed by atoms with van der Waals surface area (Å²) in [6, 6.07) is 8.99. The second-order valence-electron chi connectivity index (χ2n) is 5.38. The summed E-state index contributed by atoms with van der Waals surface area (Å²) in [6.07, 6.45) is 0.725. The van der Waals surface area contributed by atoms with Gasteiger partial charge in [0.25, 0.3) is 0 Å². The first-order valence-corrected chi connectivity index (χ1v) is 6.72. The van der Waals surface area contributed by atoms with Crippen LogP contribution in [0.2, 0.25) is 0 Å². The van der Waals surface area contributed by atoms with Gasteiger partial charge in [-0.2, -0.15) is 0 Å². The second kappa shape index (κ2) is 7.77. The fourth-order valence-corrected chi connectivity index (χ4v) is 1.36. The molecule has 1 aromatic carbocycles. The van der Waals surface area contributed by atoms with Gasteiger partial charge < -0.3 is 5.73 Å². The Labute approximate surface area is 120 Å². The van der Waals surface area contributed by atoms with Gasteiger partial charge in [0.05, 0.1) is 5.60 Å². The lowest BCUT2D eigenvalue weighted by Gasteiger charge is -2.20. The van der Waals surface area contributed by atoms with E-state index in [9.17, 15) is 4.79 Å². The number of aliphatic imine (C=N–C) groups is 1. The molecule has 0 saturated carbocycles. The van der Waals surface area contributed by atoms with Gasteiger partial charge in [0.2, 0.25) is 5.78 Å². The molecule has 0 saturated heterocycles. The lowest BCUT2D eigenvalue weighted by Crippen LogP contribution is -2.38. The molecule has 1 aromatic rings. The normalized spacial score (nSPS) is 12.3. The summed E-state index contributed by atoms with van der Waals surface area (Å²) >= 11 is 0. The number of ketones is 1. The number of hydrogen-bond acceptors (Lipinski definition) is 4. The van der Waals surface area contributed by atoms with Gasteiger partial charge in [0.1, 0.15) is 0 Å². The topological polar surface area (TPSA) is 76.7 Å². The van der Waals surface area contributed by atoms with Gasteiger partial charge in [0, 0.05) is 12.1 Å². The Morgan fingerprint density at radius 3 is 2.50 bits per heavy atom. The van der Waals surface area contributed by atoms with Crippen LogP contribution in [0.5, 0.6) is 0 Å². The predicted molar refractivity (Wildman–Crippen MR) is 80.7 cm³/mol. The van der Waals surface area contributed by atoms with Crippen LogP contribution in [0.3, 0.4) is 0 Å². The van der Waals surface area contributed by atoms with E-state index < -0.39 is 5.60 Å². The molecule has 20 heavy (non-hydrogen) atoms. The Hall–Kier alpha value is -1.72. The van der Waals surface area contributed by atoms with E-state index in [2.05, 4.69) is 10.5 Å². The largest absolute Gasteiger partial charge is 0.330 e. The van der Waals surface area contributed by atoms with Crippen LogP contribution in [0, 0.1) is 0 Å². The average Bonchev–Trinajstić information content (AvgIpc) is 2.42. The molecule has 3 N–H and O–H groups in total. The third-order valence-corrected chi connectivity index (χ3v) is 2.34. The molecule has 0 aliphatic rings. The first-order chi connectivity index (χ1) is 9.44. The van der Waals surface area contributed by atoms with Gasteiger partial charge in [-0.3, -0.25) is 14.6 Å². The second-order valence-corrected chi connectivity index (χ2v) is 5.38. The van der Waals surface area contributed by atoms with Gasteiger partial charge in [0.15, 0.2) is 5.84 Å². The molecule has 1 rings (SSSR count). The van der Waals surface area contributed by atoms with Crippen molar-refractivity contribution in [3.8, 4) is 0 Å². The number of Topliss-reactive ketones (excluding diaryl/α,β-unsaturated/α-hetero) is 1. The quantitative estimate of drug-likeness (QED) is 0.274. The van der Waals surface area contributed by atoms with Crippen molar-refractivity contribution in [1.29, 1.82) is 0 Å². The smallest absolute Gasteiger partial charge is 0.229 e.